The van der Waals surface area contributed by atoms with Crippen LogP contribution in [0.1, 0.15) is 34.3 Å². The first-order valence-electron chi connectivity index (χ1n) is 27.8. The third kappa shape index (κ3) is 3.85. The van der Waals surface area contributed by atoms with Gasteiger partial charge in [0.05, 0.1) is 56.3 Å². The van der Waals surface area contributed by atoms with Gasteiger partial charge in [0.1, 0.15) is 0 Å². The second-order valence-electron chi connectivity index (χ2n) is 11.4. The highest BCUT2D eigenvalue weighted by Gasteiger charge is 2.17. The van der Waals surface area contributed by atoms with Gasteiger partial charge in [0.25, 0.3) is 0 Å². The van der Waals surface area contributed by atoms with Gasteiger partial charge >= 0.3 is 0 Å². The summed E-state index contributed by atoms with van der Waals surface area (Å²) in [6.07, 6.45) is 0. The van der Waals surface area contributed by atoms with Gasteiger partial charge < -0.3 is 9.13 Å². The maximum absolute atomic E-state index is 9.95. The molecule has 0 unspecified atom stereocenters. The normalized spacial score (nSPS) is 19.0. The van der Waals surface area contributed by atoms with E-state index in [0.29, 0.717) is 5.69 Å². The summed E-state index contributed by atoms with van der Waals surface area (Å²) in [4.78, 5) is 0. The number of rotatable bonds is 3. The zero-order valence-corrected chi connectivity index (χ0v) is 25.3. The van der Waals surface area contributed by atoms with Gasteiger partial charge in [0.15, 0.2) is 0 Å². The van der Waals surface area contributed by atoms with E-state index < -0.39 is 222 Å². The predicted octanol–water partition coefficient (Wildman–Crippen LogP) is 13.0. The Bertz CT molecular complexity index is 4530. The smallest absolute Gasteiger partial charge is 0.0652 e. The molecule has 2 heterocycles. The highest BCUT2D eigenvalue weighted by atomic mass is 15.0. The summed E-state index contributed by atoms with van der Waals surface area (Å²) < 4.78 is 231. The molecule has 2 aromatic heterocycles. The van der Waals surface area contributed by atoms with Crippen molar-refractivity contribution in [3.05, 3.63) is 181 Å². The Labute approximate surface area is 323 Å². The zero-order valence-electron chi connectivity index (χ0n) is 50.3. The van der Waals surface area contributed by atoms with Crippen LogP contribution in [0.25, 0.3) is 98.4 Å². The summed E-state index contributed by atoms with van der Waals surface area (Å²) >= 11 is 0. The molecule has 0 spiro atoms. The lowest BCUT2D eigenvalue weighted by atomic mass is 9.94. The predicted molar refractivity (Wildman–Crippen MR) is 213 cm³/mol. The van der Waals surface area contributed by atoms with Crippen molar-refractivity contribution >= 4 is 75.9 Å². The molecule has 9 aromatic carbocycles. The van der Waals surface area contributed by atoms with Gasteiger partial charge in [-0.15, -0.1) is 0 Å². The van der Waals surface area contributed by atoms with Gasteiger partial charge in [0, 0.05) is 32.9 Å². The lowest BCUT2D eigenvalue weighted by Crippen LogP contribution is -1.94. The first-order chi connectivity index (χ1) is 35.3. The van der Waals surface area contributed by atoms with E-state index in [-0.39, 0.29) is 21.8 Å². The number of nitrogens with zero attached hydrogens (tertiary/aromatic N) is 2. The van der Waals surface area contributed by atoms with Crippen LogP contribution in [-0.2, 0) is 0 Å². The van der Waals surface area contributed by atoms with Crippen molar-refractivity contribution in [2.75, 3.05) is 0 Å². The van der Waals surface area contributed by atoms with Crippen molar-refractivity contribution in [1.82, 2.24) is 9.13 Å². The molecule has 11 rings (SSSR count). The summed E-state index contributed by atoms with van der Waals surface area (Å²) in [7, 11) is 0. The second kappa shape index (κ2) is 10.4. The number of aromatic nitrogens is 2. The van der Waals surface area contributed by atoms with E-state index in [1.54, 1.807) is 30.3 Å². The van der Waals surface area contributed by atoms with Crippen molar-refractivity contribution < 1.29 is 34.3 Å². The average molecular weight is 660 g/mol. The van der Waals surface area contributed by atoms with E-state index in [1.807, 2.05) is 0 Å². The zero-order chi connectivity index (χ0) is 54.5. The monoisotopic (exact) mass is 659 g/mol. The Hall–Kier alpha value is -6.64. The van der Waals surface area contributed by atoms with E-state index in [0.717, 1.165) is 4.57 Å². The van der Waals surface area contributed by atoms with Crippen molar-refractivity contribution in [2.24, 2.45) is 0 Å². The van der Waals surface area contributed by atoms with Crippen molar-refractivity contribution in [2.45, 2.75) is 0 Å². The average Bonchev–Trinajstić information content (AvgIpc) is 4.01. The Morgan fingerprint density at radius 1 is 0.300 bits per heavy atom. The molecule has 0 radical (unpaired) electrons. The second-order valence-corrected chi connectivity index (χ2v) is 11.4. The lowest BCUT2D eigenvalue weighted by Gasteiger charge is -2.14. The van der Waals surface area contributed by atoms with Crippen LogP contribution in [0.5, 0.6) is 0 Å². The van der Waals surface area contributed by atoms with E-state index in [4.69, 9.17) is 19.2 Å². The number of benzene rings is 9. The minimum Gasteiger partial charge on any atom is -0.309 e. The molecule has 0 saturated carbocycles. The molecular weight excluding hydrogens is 605 g/mol. The summed E-state index contributed by atoms with van der Waals surface area (Å²) in [5.74, 6) is 0. The molecule has 2 nitrogen and oxygen atoms in total. The molecule has 0 aliphatic heterocycles. The summed E-state index contributed by atoms with van der Waals surface area (Å²) in [6, 6.07) is -11.9. The summed E-state index contributed by atoms with van der Waals surface area (Å²) in [5, 5.41) is -4.61. The highest BCUT2D eigenvalue weighted by Crippen LogP contribution is 2.40. The number of hydrogen-bond acceptors (Lipinski definition) is 0. The van der Waals surface area contributed by atoms with E-state index in [9.17, 15) is 15.1 Å². The quantitative estimate of drug-likeness (QED) is 0.167. The van der Waals surface area contributed by atoms with Crippen molar-refractivity contribution in [3.63, 3.8) is 0 Å². The van der Waals surface area contributed by atoms with E-state index in [2.05, 4.69) is 0 Å². The van der Waals surface area contributed by atoms with Gasteiger partial charge in [-0.25, -0.2) is 0 Å². The fourth-order valence-electron chi connectivity index (χ4n) is 6.60. The maximum Gasteiger partial charge on any atom is 0.0652 e. The summed E-state index contributed by atoms with van der Waals surface area (Å²) in [5.41, 5.74) is -3.42. The first kappa shape index (κ1) is 12.7. The van der Waals surface area contributed by atoms with Gasteiger partial charge in [-0.1, -0.05) is 121 Å². The molecule has 0 bridgehead atoms. The Kier molecular flexibility index (Phi) is 2.64. The highest BCUT2D eigenvalue weighted by molar-refractivity contribution is 6.25. The molecule has 2 heteroatoms. The lowest BCUT2D eigenvalue weighted by molar-refractivity contribution is 1.18. The fraction of sp³-hybridized carbons (Fsp3) is 0. The van der Waals surface area contributed by atoms with Crippen molar-refractivity contribution in [3.8, 4) is 22.5 Å². The molecule has 0 amide bonds. The Morgan fingerprint density at radius 3 is 1.26 bits per heavy atom. The standard InChI is InChI=1S/C48H30N2/c1-2-12-33(13-3-1)49-45-20-10-8-18-40(45)43-28-31(22-26-47(43)49)32-23-27-48-44(29-32)41-19-9-11-21-46(41)50(48)34-24-25-39-37-16-5-4-14-35(37)36-15-6-7-17-38(36)42(39)30-34/h1-30H/i4D,5D,6D,7D,8D,9D,10D,11D,14D,15D,16D,17D,18D,19D,20D,21D,22D,23D,24D,25D,26D,27D,28D,29D,30D. The topological polar surface area (TPSA) is 9.86 Å². The molecule has 11 aromatic rings. The van der Waals surface area contributed by atoms with E-state index >= 15 is 0 Å². The molecule has 0 aliphatic rings. The van der Waals surface area contributed by atoms with Crippen LogP contribution >= 0.6 is 0 Å². The first-order valence-corrected chi connectivity index (χ1v) is 15.3. The molecule has 0 atom stereocenters. The number of fused-ring (bicyclic) bond motifs is 12. The van der Waals surface area contributed by atoms with Gasteiger partial charge in [0.2, 0.25) is 0 Å². The van der Waals surface area contributed by atoms with Gasteiger partial charge in [-0.05, 0) is 104 Å². The van der Waals surface area contributed by atoms with Crippen LogP contribution in [0.2, 0.25) is 0 Å². The van der Waals surface area contributed by atoms with Crippen LogP contribution in [0, 0.1) is 0 Å². The van der Waals surface area contributed by atoms with Crippen LogP contribution in [0.15, 0.2) is 181 Å². The Balaban J connectivity index is 1.37. The van der Waals surface area contributed by atoms with Gasteiger partial charge in [-0.3, -0.25) is 0 Å². The van der Waals surface area contributed by atoms with Crippen molar-refractivity contribution in [1.29, 1.82) is 0 Å². The molecule has 0 fully saturated rings. The molecule has 0 aliphatic carbocycles. The molecule has 50 heavy (non-hydrogen) atoms. The maximum atomic E-state index is 9.95. The number of para-hydroxylation sites is 3. The van der Waals surface area contributed by atoms with E-state index in [1.165, 1.54) is 4.57 Å². The molecule has 0 N–H and O–H groups in total. The van der Waals surface area contributed by atoms with Crippen LogP contribution < -0.4 is 0 Å². The third-order valence-corrected chi connectivity index (χ3v) is 8.73. The van der Waals surface area contributed by atoms with Crippen LogP contribution in [0.4, 0.5) is 0 Å². The largest absolute Gasteiger partial charge is 0.309 e. The molecule has 232 valence electrons. The minimum atomic E-state index is -0.959. The Morgan fingerprint density at radius 2 is 0.720 bits per heavy atom. The minimum absolute atomic E-state index is 0.160. The van der Waals surface area contributed by atoms with Gasteiger partial charge in [-0.2, -0.15) is 0 Å². The third-order valence-electron chi connectivity index (χ3n) is 8.73. The number of hydrogen-bond donors (Lipinski definition) is 0. The SMILES string of the molecule is [2H]c1c([2H])c([2H])c2c(c1[2H])c1c([2H])c([2H])c([2H])c([2H])c1c1c([2H])c(-n3c4c([2H])c([2H])c([2H])c([2H])c4c4c([2H])c(-c5c([2H])c([2H])c6c(c5[2H])c5c([2H])c([2H])c([2H])c([2H])c5n6-c5ccccc5)c([2H])c([2H])c43)c([2H])c([2H])c21. The fourth-order valence-corrected chi connectivity index (χ4v) is 6.60. The summed E-state index contributed by atoms with van der Waals surface area (Å²) in [6.45, 7) is 0. The van der Waals surface area contributed by atoms with Crippen LogP contribution in [-0.4, -0.2) is 9.13 Å². The molecule has 0 saturated heterocycles. The van der Waals surface area contributed by atoms with Crippen LogP contribution in [0.3, 0.4) is 0 Å². The molecular formula is C48H30N2.